The van der Waals surface area contributed by atoms with Gasteiger partial charge in [-0.3, -0.25) is 0 Å². The van der Waals surface area contributed by atoms with Crippen LogP contribution in [0, 0.1) is 0 Å². The molecule has 1 aromatic heterocycles. The summed E-state index contributed by atoms with van der Waals surface area (Å²) in [5, 5.41) is 3.91. The molecule has 0 aliphatic heterocycles. The highest BCUT2D eigenvalue weighted by Crippen LogP contribution is 2.41. The molecule has 0 saturated carbocycles. The number of benzene rings is 7. The van der Waals surface area contributed by atoms with Crippen LogP contribution in [0.3, 0.4) is 0 Å². The van der Waals surface area contributed by atoms with Crippen molar-refractivity contribution in [2.75, 3.05) is 0 Å². The minimum atomic E-state index is -6.13. The maximum absolute atomic E-state index is 14.2. The van der Waals surface area contributed by atoms with Gasteiger partial charge in [0.15, 0.2) is 12.7 Å². The van der Waals surface area contributed by atoms with Crippen LogP contribution in [-0.4, -0.2) is 6.15 Å². The quantitative estimate of drug-likeness (QED) is 0.0888. The Morgan fingerprint density at radius 3 is 0.872 bits per heavy atom. The molecule has 8 rings (SSSR count). The Balaban J connectivity index is 0.000000344. The summed E-state index contributed by atoms with van der Waals surface area (Å²) in [7, 11) is 0. The average molecular weight is 1130 g/mol. The zero-order valence-corrected chi connectivity index (χ0v) is 38.3. The lowest BCUT2D eigenvalue weighted by Crippen LogP contribution is -2.75. The summed E-state index contributed by atoms with van der Waals surface area (Å²) in [4.78, 5) is 0. The Labute approximate surface area is 422 Å². The van der Waals surface area contributed by atoms with Crippen LogP contribution in [0.15, 0.2) is 158 Å². The van der Waals surface area contributed by atoms with E-state index in [9.17, 15) is 105 Å². The molecule has 1 heterocycles. The van der Waals surface area contributed by atoms with E-state index in [0.29, 0.717) is 0 Å². The molecular weight excluding hydrogens is 1110 g/mol. The molecule has 0 fully saturated rings. The minimum absolute atomic E-state index is 0.691. The predicted molar refractivity (Wildman–Crippen MR) is 237 cm³/mol. The third-order valence-corrected chi connectivity index (χ3v) is 12.4. The lowest BCUT2D eigenvalue weighted by molar-refractivity contribution is -0.662. The number of nitrogens with zero attached hydrogens (tertiary/aromatic N) is 1. The lowest BCUT2D eigenvalue weighted by Gasteiger charge is -2.46. The first-order valence-electron chi connectivity index (χ1n) is 21.9. The molecule has 0 aliphatic rings. The molecule has 26 heteroatoms. The molecule has 0 unspecified atom stereocenters. The van der Waals surface area contributed by atoms with Gasteiger partial charge in [-0.15, -0.1) is 0 Å². The van der Waals surface area contributed by atoms with Gasteiger partial charge in [0.1, 0.15) is 6.15 Å². The van der Waals surface area contributed by atoms with E-state index in [1.807, 2.05) is 0 Å². The fourth-order valence-corrected chi connectivity index (χ4v) is 9.04. The molecule has 0 aliphatic carbocycles. The van der Waals surface area contributed by atoms with Crippen LogP contribution in [-0.2, 0) is 56.0 Å². The number of hydrogen-bond acceptors (Lipinski definition) is 0. The minimum Gasteiger partial charge on any atom is -0.194 e. The molecule has 0 saturated heterocycles. The van der Waals surface area contributed by atoms with Gasteiger partial charge in [-0.2, -0.15) is 132 Å². The van der Waals surface area contributed by atoms with Crippen LogP contribution < -0.4 is 26.4 Å². The Morgan fingerprint density at radius 2 is 0.551 bits per heavy atom. The monoisotopic (exact) mass is 1130 g/mol. The smallest absolute Gasteiger partial charge is 0.194 e. The van der Waals surface area contributed by atoms with E-state index in [-0.39, 0.29) is 0 Å². The second-order valence-corrected chi connectivity index (χ2v) is 17.6. The van der Waals surface area contributed by atoms with Crippen LogP contribution in [0.2, 0.25) is 0 Å². The number of alkyl halides is 24. The second kappa shape index (κ2) is 20.1. The van der Waals surface area contributed by atoms with E-state index in [4.69, 9.17) is 0 Å². The van der Waals surface area contributed by atoms with Gasteiger partial charge in [0.25, 0.3) is 0 Å². The normalized spacial score (nSPS) is 13.4. The summed E-state index contributed by atoms with van der Waals surface area (Å²) in [5.74, 6) is 0. The maximum atomic E-state index is 14.2. The Bertz CT molecular complexity index is 2980. The van der Waals surface area contributed by atoms with E-state index in [1.165, 1.54) is 27.2 Å². The zero-order chi connectivity index (χ0) is 58.0. The van der Waals surface area contributed by atoms with Crippen molar-refractivity contribution in [1.82, 2.24) is 0 Å². The Morgan fingerprint density at radius 1 is 0.282 bits per heavy atom. The van der Waals surface area contributed by atoms with Gasteiger partial charge in [0, 0.05) is 23.1 Å². The van der Waals surface area contributed by atoms with Crippen LogP contribution in [0.4, 0.5) is 105 Å². The van der Waals surface area contributed by atoms with Gasteiger partial charge in [-0.1, -0.05) is 103 Å². The molecule has 0 spiro atoms. The highest BCUT2D eigenvalue weighted by atomic mass is 19.4. The first kappa shape index (κ1) is 58.3. The summed E-state index contributed by atoms with van der Waals surface area (Å²) >= 11 is 0. The summed E-state index contributed by atoms with van der Waals surface area (Å²) in [6, 6.07) is 19.1. The van der Waals surface area contributed by atoms with Gasteiger partial charge in [0.05, 0.1) is 44.5 Å². The third kappa shape index (κ3) is 12.5. The summed E-state index contributed by atoms with van der Waals surface area (Å²) in [6.45, 7) is 0.892. The van der Waals surface area contributed by atoms with Gasteiger partial charge in [-0.25, -0.2) is 0 Å². The van der Waals surface area contributed by atoms with Crippen LogP contribution in [0.25, 0.3) is 21.7 Å². The van der Waals surface area contributed by atoms with E-state index in [0.717, 1.165) is 6.54 Å². The van der Waals surface area contributed by atoms with Crippen LogP contribution >= 0.6 is 0 Å². The number of fused-ring (bicyclic) bond motifs is 2. The van der Waals surface area contributed by atoms with E-state index in [2.05, 4.69) is 89.6 Å². The van der Waals surface area contributed by atoms with Gasteiger partial charge in [0.2, 0.25) is 5.52 Å². The molecule has 0 atom stereocenters. The maximum Gasteiger partial charge on any atom is 0.416 e. The highest BCUT2D eigenvalue weighted by molar-refractivity contribution is 7.20. The first-order chi connectivity index (χ1) is 35.7. The zero-order valence-electron chi connectivity index (χ0n) is 38.3. The number of para-hydroxylation sites is 1. The van der Waals surface area contributed by atoms with E-state index < -0.39 is 195 Å². The van der Waals surface area contributed by atoms with Gasteiger partial charge in [-0.05, 0) is 47.2 Å². The number of hydrogen-bond donors (Lipinski definition) is 0. The van der Waals surface area contributed by atoms with Crippen molar-refractivity contribution in [2.45, 2.75) is 56.0 Å². The molecule has 78 heavy (non-hydrogen) atoms. The second-order valence-electron chi connectivity index (χ2n) is 17.6. The van der Waals surface area contributed by atoms with Crippen molar-refractivity contribution in [2.24, 2.45) is 0 Å². The molecule has 412 valence electrons. The molecule has 1 nitrogen and oxygen atoms in total. The third-order valence-electron chi connectivity index (χ3n) is 12.4. The molecule has 8 aromatic rings. The molecule has 0 amide bonds. The summed E-state index contributed by atoms with van der Waals surface area (Å²) in [6.07, 6.45) is -52.6. The van der Waals surface area contributed by atoms with Crippen molar-refractivity contribution >= 4 is 49.7 Å². The van der Waals surface area contributed by atoms with Gasteiger partial charge >= 0.3 is 49.4 Å². The summed E-state index contributed by atoms with van der Waals surface area (Å²) < 4.78 is 343. The van der Waals surface area contributed by atoms with Crippen molar-refractivity contribution in [3.05, 3.63) is 208 Å². The Kier molecular flexibility index (Phi) is 15.0. The van der Waals surface area contributed by atoms with Crippen molar-refractivity contribution < 1.29 is 110 Å². The lowest BCUT2D eigenvalue weighted by atomic mass is 9.12. The van der Waals surface area contributed by atoms with E-state index in [1.54, 1.807) is 0 Å². The van der Waals surface area contributed by atoms with Gasteiger partial charge < -0.3 is 0 Å². The average Bonchev–Trinajstić information content (AvgIpc) is 3.43. The predicted octanol–water partition coefficient (Wildman–Crippen LogP) is 15.5. The highest BCUT2D eigenvalue weighted by Gasteiger charge is 2.47. The standard InChI is InChI=1S/C32H12BF24.C20H16N/c34-25(35,36)13-1-14(26(37,38)39)6-21(5-13)33(22-7-15(27(40,41)42)2-16(8-22)28(43,44)45,23-9-17(29(46,47)48)3-18(10-23)30(49,50)51)24-11-19(31(52,53)54)4-20(12-24)32(55,56)57;1-3-12-19-16(7-1)9-5-10-18(19)15-21-14-6-11-17-8-2-4-13-20(17)21/h1-12H;1-14H,15H2/q-1;+1. The van der Waals surface area contributed by atoms with Crippen LogP contribution in [0.5, 0.6) is 0 Å². The van der Waals surface area contributed by atoms with Crippen molar-refractivity contribution in [3.63, 3.8) is 0 Å². The number of aromatic nitrogens is 1. The topological polar surface area (TPSA) is 3.88 Å². The summed E-state index contributed by atoms with van der Waals surface area (Å²) in [5.41, 5.74) is -27.6. The number of halogens is 24. The molecule has 0 radical (unpaired) electrons. The largest absolute Gasteiger partial charge is 0.416 e. The van der Waals surface area contributed by atoms with E-state index >= 15 is 0 Å². The van der Waals surface area contributed by atoms with Crippen molar-refractivity contribution in [3.8, 4) is 0 Å². The molecule has 0 bridgehead atoms. The molecule has 0 N–H and O–H groups in total. The fourth-order valence-electron chi connectivity index (χ4n) is 9.04. The number of rotatable bonds is 6. The first-order valence-corrected chi connectivity index (χ1v) is 21.9. The van der Waals surface area contributed by atoms with Crippen LogP contribution in [0.1, 0.15) is 50.1 Å². The molecule has 7 aromatic carbocycles. The van der Waals surface area contributed by atoms with Crippen molar-refractivity contribution in [1.29, 1.82) is 0 Å². The number of pyridine rings is 1. The Hall–Kier alpha value is -7.41. The fraction of sp³-hybridized carbons (Fsp3) is 0.173. The SMILES string of the molecule is FC(F)(F)c1cc([B-](c2cc(C(F)(F)F)cc(C(F)(F)F)c2)(c2cc(C(F)(F)F)cc(C(F)(F)F)c2)c2cc(C(F)(F)F)cc(C(F)(F)F)c2)cc(C(F)(F)F)c1.c1ccc2c(C[n+]3cccc4ccccc43)cccc2c1. The molecular formula is C52H28BF24N.